The Morgan fingerprint density at radius 3 is 2.96 bits per heavy atom. The minimum atomic E-state index is -0.179. The van der Waals surface area contributed by atoms with E-state index in [0.717, 1.165) is 50.9 Å². The van der Waals surface area contributed by atoms with Crippen LogP contribution in [0.2, 0.25) is 0 Å². The maximum absolute atomic E-state index is 11.9. The van der Waals surface area contributed by atoms with Crippen molar-refractivity contribution in [3.8, 4) is 5.75 Å². The molecule has 1 aromatic rings. The normalized spacial score (nSPS) is 19.8. The maximum atomic E-state index is 11.9. The van der Waals surface area contributed by atoms with Gasteiger partial charge < -0.3 is 20.3 Å². The van der Waals surface area contributed by atoms with E-state index < -0.39 is 0 Å². The summed E-state index contributed by atoms with van der Waals surface area (Å²) in [6.07, 6.45) is 5.50. The van der Waals surface area contributed by atoms with E-state index in [1.165, 1.54) is 5.56 Å². The standard InChI is InChI=1S/C19H27N3O3/c23-18-9-2-1-5-11-22(18)12-6-10-20-19(24)21-14-16-13-15-7-3-4-8-17(15)25-16/h3-4,7-8,16H,1-2,5-6,9-14H2,(H2,20,21,24)/t16-/m0/s1. The van der Waals surface area contributed by atoms with Crippen molar-refractivity contribution in [1.82, 2.24) is 15.5 Å². The van der Waals surface area contributed by atoms with Crippen molar-refractivity contribution in [3.63, 3.8) is 0 Å². The molecule has 1 atom stereocenters. The van der Waals surface area contributed by atoms with Crippen LogP contribution in [0.4, 0.5) is 4.79 Å². The van der Waals surface area contributed by atoms with Crippen molar-refractivity contribution < 1.29 is 14.3 Å². The number of fused-ring (bicyclic) bond motifs is 1. The Morgan fingerprint density at radius 1 is 1.20 bits per heavy atom. The fourth-order valence-electron chi connectivity index (χ4n) is 3.38. The summed E-state index contributed by atoms with van der Waals surface area (Å²) in [5.74, 6) is 1.16. The van der Waals surface area contributed by atoms with Gasteiger partial charge in [0.1, 0.15) is 11.9 Å². The third-order valence-electron chi connectivity index (χ3n) is 4.77. The zero-order chi connectivity index (χ0) is 17.5. The zero-order valence-corrected chi connectivity index (χ0v) is 14.6. The predicted molar refractivity (Wildman–Crippen MR) is 95.6 cm³/mol. The summed E-state index contributed by atoms with van der Waals surface area (Å²) in [6, 6.07) is 7.79. The van der Waals surface area contributed by atoms with Gasteiger partial charge in [-0.05, 0) is 30.9 Å². The number of carbonyl (C=O) groups excluding carboxylic acids is 2. The van der Waals surface area contributed by atoms with Crippen LogP contribution in [0.1, 0.15) is 37.7 Å². The first kappa shape index (κ1) is 17.6. The number of urea groups is 1. The van der Waals surface area contributed by atoms with Gasteiger partial charge >= 0.3 is 6.03 Å². The van der Waals surface area contributed by atoms with Gasteiger partial charge in [0.25, 0.3) is 0 Å². The van der Waals surface area contributed by atoms with Gasteiger partial charge in [-0.1, -0.05) is 24.6 Å². The largest absolute Gasteiger partial charge is 0.488 e. The molecule has 3 rings (SSSR count). The number of amides is 3. The minimum absolute atomic E-state index is 0.00197. The molecule has 2 aliphatic heterocycles. The molecular formula is C19H27N3O3. The van der Waals surface area contributed by atoms with Gasteiger partial charge in [-0.25, -0.2) is 4.79 Å². The second kappa shape index (κ2) is 8.74. The average molecular weight is 345 g/mol. The monoisotopic (exact) mass is 345 g/mol. The number of nitrogens with zero attached hydrogens (tertiary/aromatic N) is 1. The van der Waals surface area contributed by atoms with Gasteiger partial charge in [-0.15, -0.1) is 0 Å². The molecule has 6 heteroatoms. The van der Waals surface area contributed by atoms with E-state index in [9.17, 15) is 9.59 Å². The molecular weight excluding hydrogens is 318 g/mol. The van der Waals surface area contributed by atoms with Crippen LogP contribution in [-0.2, 0) is 11.2 Å². The lowest BCUT2D eigenvalue weighted by atomic mass is 10.1. The Kier molecular flexibility index (Phi) is 6.14. The Labute approximate surface area is 148 Å². The van der Waals surface area contributed by atoms with E-state index in [2.05, 4.69) is 16.7 Å². The molecule has 0 aromatic heterocycles. The summed E-state index contributed by atoms with van der Waals surface area (Å²) in [6.45, 7) is 2.64. The summed E-state index contributed by atoms with van der Waals surface area (Å²) >= 11 is 0. The van der Waals surface area contributed by atoms with Crippen molar-refractivity contribution in [1.29, 1.82) is 0 Å². The molecule has 1 fully saturated rings. The van der Waals surface area contributed by atoms with Crippen LogP contribution in [0.3, 0.4) is 0 Å². The Bertz CT molecular complexity index is 580. The maximum Gasteiger partial charge on any atom is 0.314 e. The van der Waals surface area contributed by atoms with Crippen LogP contribution in [0.5, 0.6) is 5.75 Å². The molecule has 25 heavy (non-hydrogen) atoms. The smallest absolute Gasteiger partial charge is 0.314 e. The van der Waals surface area contributed by atoms with E-state index in [1.807, 2.05) is 23.1 Å². The molecule has 2 aliphatic rings. The van der Waals surface area contributed by atoms with E-state index in [1.54, 1.807) is 0 Å². The van der Waals surface area contributed by atoms with Crippen LogP contribution in [0.15, 0.2) is 24.3 Å². The van der Waals surface area contributed by atoms with Crippen LogP contribution in [-0.4, -0.2) is 49.1 Å². The number of likely N-dealkylation sites (tertiary alicyclic amines) is 1. The molecule has 6 nitrogen and oxygen atoms in total. The van der Waals surface area contributed by atoms with Crippen LogP contribution in [0.25, 0.3) is 0 Å². The van der Waals surface area contributed by atoms with Crippen molar-refractivity contribution in [2.45, 2.75) is 44.6 Å². The number of ether oxygens (including phenoxy) is 1. The van der Waals surface area contributed by atoms with Crippen molar-refractivity contribution in [3.05, 3.63) is 29.8 Å². The third-order valence-corrected chi connectivity index (χ3v) is 4.77. The van der Waals surface area contributed by atoms with Gasteiger partial charge in [0.2, 0.25) is 5.91 Å². The SMILES string of the molecule is O=C(NCCCN1CCCCCC1=O)NC[C@@H]1Cc2ccccc2O1. The number of carbonyl (C=O) groups is 2. The molecule has 0 aliphatic carbocycles. The Balaban J connectivity index is 1.28. The van der Waals surface area contributed by atoms with Gasteiger partial charge in [0.15, 0.2) is 0 Å². The number of para-hydroxylation sites is 1. The fraction of sp³-hybridized carbons (Fsp3) is 0.579. The number of hydrogen-bond donors (Lipinski definition) is 2. The summed E-state index contributed by atoms with van der Waals surface area (Å²) < 4.78 is 5.80. The highest BCUT2D eigenvalue weighted by molar-refractivity contribution is 5.76. The molecule has 136 valence electrons. The predicted octanol–water partition coefficient (Wildman–Crippen LogP) is 2.08. The molecule has 3 amide bonds. The van der Waals surface area contributed by atoms with Gasteiger partial charge in [-0.3, -0.25) is 4.79 Å². The highest BCUT2D eigenvalue weighted by atomic mass is 16.5. The Morgan fingerprint density at radius 2 is 2.08 bits per heavy atom. The van der Waals surface area contributed by atoms with Crippen LogP contribution < -0.4 is 15.4 Å². The molecule has 2 N–H and O–H groups in total. The highest BCUT2D eigenvalue weighted by Crippen LogP contribution is 2.27. The summed E-state index contributed by atoms with van der Waals surface area (Å²) in [4.78, 5) is 25.7. The second-order valence-corrected chi connectivity index (χ2v) is 6.73. The number of rotatable bonds is 6. The van der Waals surface area contributed by atoms with Gasteiger partial charge in [-0.2, -0.15) is 0 Å². The van der Waals surface area contributed by atoms with E-state index in [-0.39, 0.29) is 18.0 Å². The summed E-state index contributed by atoms with van der Waals surface area (Å²) in [7, 11) is 0. The average Bonchev–Trinajstić information content (AvgIpc) is 2.93. The molecule has 1 aromatic carbocycles. The van der Waals surface area contributed by atoms with E-state index in [4.69, 9.17) is 4.74 Å². The molecule has 0 saturated carbocycles. The number of benzene rings is 1. The molecule has 1 saturated heterocycles. The van der Waals surface area contributed by atoms with Crippen molar-refractivity contribution in [2.24, 2.45) is 0 Å². The van der Waals surface area contributed by atoms with Gasteiger partial charge in [0.05, 0.1) is 6.54 Å². The zero-order valence-electron chi connectivity index (χ0n) is 14.6. The lowest BCUT2D eigenvalue weighted by molar-refractivity contribution is -0.130. The summed E-state index contributed by atoms with van der Waals surface area (Å²) in [5.41, 5.74) is 1.19. The lowest BCUT2D eigenvalue weighted by Crippen LogP contribution is -2.42. The first-order valence-electron chi connectivity index (χ1n) is 9.26. The second-order valence-electron chi connectivity index (χ2n) is 6.73. The van der Waals surface area contributed by atoms with Crippen molar-refractivity contribution >= 4 is 11.9 Å². The topological polar surface area (TPSA) is 70.7 Å². The molecule has 0 bridgehead atoms. The number of nitrogens with one attached hydrogen (secondary N) is 2. The first-order valence-corrected chi connectivity index (χ1v) is 9.26. The third kappa shape index (κ3) is 5.11. The summed E-state index contributed by atoms with van der Waals surface area (Å²) in [5, 5.41) is 5.72. The minimum Gasteiger partial charge on any atom is -0.488 e. The Hall–Kier alpha value is -2.24. The molecule has 0 radical (unpaired) electrons. The first-order chi connectivity index (χ1) is 12.2. The molecule has 0 unspecified atom stereocenters. The highest BCUT2D eigenvalue weighted by Gasteiger charge is 2.22. The van der Waals surface area contributed by atoms with Gasteiger partial charge in [0, 0.05) is 32.5 Å². The van der Waals surface area contributed by atoms with Crippen LogP contribution in [0, 0.1) is 0 Å². The fourth-order valence-corrected chi connectivity index (χ4v) is 3.38. The lowest BCUT2D eigenvalue weighted by Gasteiger charge is -2.20. The quantitative estimate of drug-likeness (QED) is 0.776. The molecule has 2 heterocycles. The number of hydrogen-bond acceptors (Lipinski definition) is 3. The molecule has 0 spiro atoms. The van der Waals surface area contributed by atoms with E-state index >= 15 is 0 Å². The van der Waals surface area contributed by atoms with Crippen LogP contribution >= 0.6 is 0 Å². The van der Waals surface area contributed by atoms with Crippen molar-refractivity contribution in [2.75, 3.05) is 26.2 Å². The van der Waals surface area contributed by atoms with E-state index in [0.29, 0.717) is 19.5 Å².